The maximum absolute atomic E-state index is 13.3. The number of esters is 1. The number of nitrogens with zero attached hydrogens (tertiary/aromatic N) is 2. The third kappa shape index (κ3) is 5.04. The minimum atomic E-state index is -0.721. The molecule has 0 aromatic heterocycles. The molecule has 0 spiro atoms. The van der Waals surface area contributed by atoms with Crippen molar-refractivity contribution in [2.45, 2.75) is 76.8 Å². The number of hydrogen-bond donors (Lipinski definition) is 1. The molecule has 4 atom stereocenters. The van der Waals surface area contributed by atoms with E-state index in [1.807, 2.05) is 57.2 Å². The number of benzene rings is 2. The van der Waals surface area contributed by atoms with Crippen molar-refractivity contribution in [3.05, 3.63) is 59.2 Å². The van der Waals surface area contributed by atoms with Crippen molar-refractivity contribution in [3.8, 4) is 17.2 Å². The van der Waals surface area contributed by atoms with Gasteiger partial charge in [-0.25, -0.2) is 9.59 Å². The molecule has 8 nitrogen and oxygen atoms in total. The molecule has 2 bridgehead atoms. The summed E-state index contributed by atoms with van der Waals surface area (Å²) in [4.78, 5) is 39.4. The third-order valence-electron chi connectivity index (χ3n) is 7.34. The van der Waals surface area contributed by atoms with E-state index in [9.17, 15) is 19.6 Å². The van der Waals surface area contributed by atoms with Crippen LogP contribution in [0.1, 0.15) is 61.5 Å². The van der Waals surface area contributed by atoms with E-state index in [1.165, 1.54) is 0 Å². The summed E-state index contributed by atoms with van der Waals surface area (Å²) in [5.74, 6) is -0.499. The fourth-order valence-corrected chi connectivity index (χ4v) is 5.67. The number of nitrogens with one attached hydrogen (secondary N) is 1. The van der Waals surface area contributed by atoms with Gasteiger partial charge in [0.2, 0.25) is 5.91 Å². The van der Waals surface area contributed by atoms with Crippen LogP contribution in [0.2, 0.25) is 0 Å². The standard InChI is InChI=1S/C29H31N3O5/c1-29(2,3)37-28(35)32-23-10-8-20(14-23)25(32)26(33)31-22(15-30)12-17-4-6-18(7-5-17)19-9-11-24-21(13-19)16-36-27(24)34/h4-7,9,11,13,20,22-23,25H,8,10,12,14,16H2,1-3H3,(H,31,33)/t20-,22-,23+,25-/m0/s1. The Hall–Kier alpha value is -3.86. The van der Waals surface area contributed by atoms with Crippen molar-refractivity contribution in [3.63, 3.8) is 0 Å². The van der Waals surface area contributed by atoms with E-state index in [-0.39, 0.29) is 30.4 Å². The van der Waals surface area contributed by atoms with Crippen LogP contribution in [-0.2, 0) is 27.3 Å². The van der Waals surface area contributed by atoms with Crippen LogP contribution < -0.4 is 5.32 Å². The Kier molecular flexibility index (Phi) is 6.40. The zero-order valence-electron chi connectivity index (χ0n) is 21.3. The van der Waals surface area contributed by atoms with E-state index in [4.69, 9.17) is 9.47 Å². The number of piperidine rings is 1. The molecule has 0 unspecified atom stereocenters. The van der Waals surface area contributed by atoms with Crippen LogP contribution in [0.5, 0.6) is 0 Å². The molecule has 8 heteroatoms. The smallest absolute Gasteiger partial charge is 0.411 e. The first kappa shape index (κ1) is 24.8. The summed E-state index contributed by atoms with van der Waals surface area (Å²) >= 11 is 0. The Morgan fingerprint density at radius 2 is 1.89 bits per heavy atom. The highest BCUT2D eigenvalue weighted by molar-refractivity contribution is 5.94. The van der Waals surface area contributed by atoms with Gasteiger partial charge < -0.3 is 14.8 Å². The molecule has 1 aliphatic carbocycles. The number of hydrogen-bond acceptors (Lipinski definition) is 6. The summed E-state index contributed by atoms with van der Waals surface area (Å²) in [5, 5.41) is 12.6. The average Bonchev–Trinajstić information content (AvgIpc) is 3.57. The molecule has 5 rings (SSSR count). The lowest BCUT2D eigenvalue weighted by molar-refractivity contribution is -0.128. The second kappa shape index (κ2) is 9.55. The first-order valence-electron chi connectivity index (χ1n) is 12.7. The summed E-state index contributed by atoms with van der Waals surface area (Å²) in [6, 6.07) is 14.3. The van der Waals surface area contributed by atoms with Crippen molar-refractivity contribution >= 4 is 18.0 Å². The van der Waals surface area contributed by atoms with E-state index in [1.54, 1.807) is 11.0 Å². The minimum Gasteiger partial charge on any atom is -0.457 e. The van der Waals surface area contributed by atoms with Gasteiger partial charge in [-0.1, -0.05) is 30.3 Å². The molecule has 37 heavy (non-hydrogen) atoms. The number of amides is 2. The monoisotopic (exact) mass is 501 g/mol. The number of fused-ring (bicyclic) bond motifs is 3. The number of ether oxygens (including phenoxy) is 2. The van der Waals surface area contributed by atoms with E-state index in [0.29, 0.717) is 12.0 Å². The van der Waals surface area contributed by atoms with Gasteiger partial charge in [-0.05, 0) is 74.8 Å². The molecular weight excluding hydrogens is 470 g/mol. The van der Waals surface area contributed by atoms with E-state index < -0.39 is 23.8 Å². The van der Waals surface area contributed by atoms with Crippen molar-refractivity contribution in [2.24, 2.45) is 5.92 Å². The molecule has 192 valence electrons. The highest BCUT2D eigenvalue weighted by Gasteiger charge is 2.52. The summed E-state index contributed by atoms with van der Waals surface area (Å²) in [5.41, 5.74) is 3.71. The molecule has 2 heterocycles. The summed E-state index contributed by atoms with van der Waals surface area (Å²) in [6.07, 6.45) is 2.44. The molecule has 1 saturated heterocycles. The molecule has 0 radical (unpaired) electrons. The van der Waals surface area contributed by atoms with E-state index in [2.05, 4.69) is 11.4 Å². The van der Waals surface area contributed by atoms with Crippen LogP contribution in [0.25, 0.3) is 11.1 Å². The molecule has 1 saturated carbocycles. The highest BCUT2D eigenvalue weighted by Crippen LogP contribution is 2.43. The maximum Gasteiger partial charge on any atom is 0.411 e. The lowest BCUT2D eigenvalue weighted by Gasteiger charge is -2.35. The third-order valence-corrected chi connectivity index (χ3v) is 7.34. The lowest BCUT2D eigenvalue weighted by Crippen LogP contribution is -2.55. The Balaban J connectivity index is 1.24. The van der Waals surface area contributed by atoms with E-state index >= 15 is 0 Å². The number of carbonyl (C=O) groups is 3. The first-order chi connectivity index (χ1) is 17.6. The molecular formula is C29H31N3O5. The topological polar surface area (TPSA) is 109 Å². The Bertz CT molecular complexity index is 1270. The van der Waals surface area contributed by atoms with Gasteiger partial charge in [-0.3, -0.25) is 9.69 Å². The quantitative estimate of drug-likeness (QED) is 0.610. The summed E-state index contributed by atoms with van der Waals surface area (Å²) in [7, 11) is 0. The predicted molar refractivity (Wildman–Crippen MR) is 135 cm³/mol. The molecule has 1 N–H and O–H groups in total. The average molecular weight is 502 g/mol. The van der Waals surface area contributed by atoms with Crippen LogP contribution in [0.4, 0.5) is 4.79 Å². The maximum atomic E-state index is 13.3. The Labute approximate surface area is 216 Å². The molecule has 3 aliphatic rings. The Morgan fingerprint density at radius 3 is 2.59 bits per heavy atom. The van der Waals surface area contributed by atoms with Crippen LogP contribution in [-0.4, -0.2) is 46.6 Å². The van der Waals surface area contributed by atoms with Crippen LogP contribution in [0, 0.1) is 17.2 Å². The van der Waals surface area contributed by atoms with Gasteiger partial charge in [0.25, 0.3) is 0 Å². The van der Waals surface area contributed by atoms with Gasteiger partial charge in [0.15, 0.2) is 0 Å². The number of nitriles is 1. The molecule has 2 aromatic rings. The number of carbonyl (C=O) groups excluding carboxylic acids is 3. The summed E-state index contributed by atoms with van der Waals surface area (Å²) < 4.78 is 10.7. The van der Waals surface area contributed by atoms with Gasteiger partial charge in [-0.15, -0.1) is 0 Å². The first-order valence-corrected chi connectivity index (χ1v) is 12.7. The molecule has 2 fully saturated rings. The number of cyclic esters (lactones) is 1. The zero-order valence-corrected chi connectivity index (χ0v) is 21.3. The van der Waals surface area contributed by atoms with Crippen molar-refractivity contribution in [1.82, 2.24) is 10.2 Å². The van der Waals surface area contributed by atoms with Crippen LogP contribution >= 0.6 is 0 Å². The van der Waals surface area contributed by atoms with Crippen molar-refractivity contribution in [2.75, 3.05) is 0 Å². The van der Waals surface area contributed by atoms with Crippen LogP contribution in [0.15, 0.2) is 42.5 Å². The largest absolute Gasteiger partial charge is 0.457 e. The highest BCUT2D eigenvalue weighted by atomic mass is 16.6. The van der Waals surface area contributed by atoms with Crippen molar-refractivity contribution < 1.29 is 23.9 Å². The van der Waals surface area contributed by atoms with Crippen molar-refractivity contribution in [1.29, 1.82) is 5.26 Å². The lowest BCUT2D eigenvalue weighted by atomic mass is 9.96. The molecule has 2 amide bonds. The number of rotatable bonds is 5. The van der Waals surface area contributed by atoms with Gasteiger partial charge in [-0.2, -0.15) is 5.26 Å². The van der Waals surface area contributed by atoms with Gasteiger partial charge in [0.05, 0.1) is 11.6 Å². The van der Waals surface area contributed by atoms with Gasteiger partial charge in [0.1, 0.15) is 24.3 Å². The van der Waals surface area contributed by atoms with Gasteiger partial charge >= 0.3 is 12.1 Å². The second-order valence-electron chi connectivity index (χ2n) is 11.1. The molecule has 2 aromatic carbocycles. The Morgan fingerprint density at radius 1 is 1.16 bits per heavy atom. The fraction of sp³-hybridized carbons (Fsp3) is 0.448. The van der Waals surface area contributed by atoms with E-state index in [0.717, 1.165) is 41.5 Å². The fourth-order valence-electron chi connectivity index (χ4n) is 5.67. The zero-order chi connectivity index (χ0) is 26.3. The second-order valence-corrected chi connectivity index (χ2v) is 11.1. The molecule has 2 aliphatic heterocycles. The predicted octanol–water partition coefficient (Wildman–Crippen LogP) is 4.36. The van der Waals surface area contributed by atoms with Crippen LogP contribution in [0.3, 0.4) is 0 Å². The minimum absolute atomic E-state index is 0.00702. The summed E-state index contributed by atoms with van der Waals surface area (Å²) in [6.45, 7) is 5.72. The van der Waals surface area contributed by atoms with Gasteiger partial charge in [0, 0.05) is 18.0 Å². The normalized spacial score (nSPS) is 22.7. The SMILES string of the molecule is CC(C)(C)OC(=O)N1[C@@H]2CC[C@@H](C2)[C@H]1C(=O)N[C@H](C#N)Cc1ccc(-c2ccc3c(c2)COC3=O)cc1. The number of likely N-dealkylation sites (tertiary alicyclic amines) is 1.